The van der Waals surface area contributed by atoms with Crippen LogP contribution in [0.25, 0.3) is 0 Å². The van der Waals surface area contributed by atoms with Gasteiger partial charge < -0.3 is 15.5 Å². The largest absolute Gasteiger partial charge is 0.378 e. The molecule has 0 aromatic heterocycles. The van der Waals surface area contributed by atoms with Crippen molar-refractivity contribution in [2.75, 3.05) is 30.9 Å². The summed E-state index contributed by atoms with van der Waals surface area (Å²) in [5.41, 5.74) is 0.783. The van der Waals surface area contributed by atoms with Crippen molar-refractivity contribution in [2.24, 2.45) is 0 Å². The zero-order valence-corrected chi connectivity index (χ0v) is 13.6. The summed E-state index contributed by atoms with van der Waals surface area (Å²) in [4.78, 5) is 25.5. The number of hydrogen-bond acceptors (Lipinski definition) is 3. The molecule has 0 aliphatic carbocycles. The number of nitrogens with one attached hydrogen (secondary N) is 2. The van der Waals surface area contributed by atoms with E-state index in [9.17, 15) is 22.8 Å². The molecule has 2 rings (SSSR count). The minimum absolute atomic E-state index is 0.452. The molecule has 2 N–H and O–H groups in total. The molecule has 8 heteroatoms. The second-order valence-electron chi connectivity index (χ2n) is 5.40. The topological polar surface area (TPSA) is 61.4 Å². The fourth-order valence-corrected chi connectivity index (χ4v) is 2.01. The zero-order valence-electron chi connectivity index (χ0n) is 13.6. The van der Waals surface area contributed by atoms with Gasteiger partial charge in [0.2, 0.25) is 5.91 Å². The molecule has 132 valence electrons. The van der Waals surface area contributed by atoms with Crippen molar-refractivity contribution < 1.29 is 22.8 Å². The van der Waals surface area contributed by atoms with Crippen LogP contribution in [0.2, 0.25) is 0 Å². The highest BCUT2D eigenvalue weighted by molar-refractivity contribution is 5.99. The molecule has 0 aliphatic heterocycles. The van der Waals surface area contributed by atoms with Crippen LogP contribution in [0, 0.1) is 17.5 Å². The number of halogens is 3. The van der Waals surface area contributed by atoms with Crippen molar-refractivity contribution in [3.05, 3.63) is 59.4 Å². The number of hydrogen-bond donors (Lipinski definition) is 2. The third-order valence-electron chi connectivity index (χ3n) is 3.36. The van der Waals surface area contributed by atoms with Gasteiger partial charge in [0.1, 0.15) is 0 Å². The average molecular weight is 351 g/mol. The van der Waals surface area contributed by atoms with Gasteiger partial charge in [-0.05, 0) is 36.4 Å². The van der Waals surface area contributed by atoms with Gasteiger partial charge in [0.25, 0.3) is 5.91 Å². The predicted molar refractivity (Wildman–Crippen MR) is 88.0 cm³/mol. The molecule has 25 heavy (non-hydrogen) atoms. The van der Waals surface area contributed by atoms with Crippen molar-refractivity contribution in [1.82, 2.24) is 5.32 Å². The lowest BCUT2D eigenvalue weighted by Crippen LogP contribution is -2.33. The second-order valence-corrected chi connectivity index (χ2v) is 5.40. The Kier molecular flexibility index (Phi) is 5.63. The molecule has 0 spiro atoms. The highest BCUT2D eigenvalue weighted by Gasteiger charge is 2.19. The van der Waals surface area contributed by atoms with Crippen molar-refractivity contribution >= 4 is 23.2 Å². The van der Waals surface area contributed by atoms with E-state index in [4.69, 9.17) is 0 Å². The molecular formula is C17H16F3N3O2. The minimum atomic E-state index is -1.74. The summed E-state index contributed by atoms with van der Waals surface area (Å²) in [6.45, 7) is -0.452. The third kappa shape index (κ3) is 4.50. The molecule has 5 nitrogen and oxygen atoms in total. The fraction of sp³-hybridized carbons (Fsp3) is 0.176. The first-order valence-corrected chi connectivity index (χ1v) is 7.28. The normalized spacial score (nSPS) is 10.3. The van der Waals surface area contributed by atoms with Crippen LogP contribution >= 0.6 is 0 Å². The Hall–Kier alpha value is -3.03. The van der Waals surface area contributed by atoms with Gasteiger partial charge in [-0.1, -0.05) is 0 Å². The van der Waals surface area contributed by atoms with Crippen molar-refractivity contribution in [3.8, 4) is 0 Å². The number of carbonyl (C=O) groups is 2. The van der Waals surface area contributed by atoms with Crippen molar-refractivity contribution in [2.45, 2.75) is 0 Å². The summed E-state index contributed by atoms with van der Waals surface area (Å²) >= 11 is 0. The maximum atomic E-state index is 13.5. The Bertz CT molecular complexity index is 792. The maximum Gasteiger partial charge on any atom is 0.254 e. The molecule has 0 saturated heterocycles. The molecule has 2 aromatic carbocycles. The first kappa shape index (κ1) is 18.3. The van der Waals surface area contributed by atoms with Crippen LogP contribution in [-0.4, -0.2) is 32.5 Å². The smallest absolute Gasteiger partial charge is 0.254 e. The van der Waals surface area contributed by atoms with Crippen LogP contribution in [0.1, 0.15) is 10.4 Å². The number of amides is 2. The Morgan fingerprint density at radius 1 is 0.960 bits per heavy atom. The summed E-state index contributed by atoms with van der Waals surface area (Å²) in [5, 5.41) is 4.70. The van der Waals surface area contributed by atoms with E-state index in [2.05, 4.69) is 10.6 Å². The number of carbonyl (C=O) groups excluding carboxylic acids is 2. The van der Waals surface area contributed by atoms with Crippen LogP contribution in [-0.2, 0) is 4.79 Å². The molecular weight excluding hydrogens is 335 g/mol. The Balaban J connectivity index is 1.93. The summed E-state index contributed by atoms with van der Waals surface area (Å²) < 4.78 is 39.5. The number of nitrogens with zero attached hydrogens (tertiary/aromatic N) is 1. The Morgan fingerprint density at radius 2 is 1.60 bits per heavy atom. The number of rotatable bonds is 5. The van der Waals surface area contributed by atoms with Gasteiger partial charge >= 0.3 is 0 Å². The minimum Gasteiger partial charge on any atom is -0.378 e. The van der Waals surface area contributed by atoms with E-state index >= 15 is 0 Å². The fourth-order valence-electron chi connectivity index (χ4n) is 2.01. The van der Waals surface area contributed by atoms with E-state index in [-0.39, 0.29) is 0 Å². The van der Waals surface area contributed by atoms with Crippen LogP contribution < -0.4 is 15.5 Å². The SMILES string of the molecule is CN(C)c1ccc(NC(=O)CNC(=O)c2ccc(F)c(F)c2F)cc1. The maximum absolute atomic E-state index is 13.5. The number of anilines is 2. The summed E-state index contributed by atoms with van der Waals surface area (Å²) in [6, 6.07) is 8.41. The molecule has 0 unspecified atom stereocenters. The zero-order chi connectivity index (χ0) is 18.6. The lowest BCUT2D eigenvalue weighted by atomic mass is 10.2. The van der Waals surface area contributed by atoms with E-state index in [1.54, 1.807) is 24.3 Å². The molecule has 0 atom stereocenters. The van der Waals surface area contributed by atoms with Crippen molar-refractivity contribution in [3.63, 3.8) is 0 Å². The Labute approximate surface area is 142 Å². The van der Waals surface area contributed by atoms with Crippen LogP contribution in [0.15, 0.2) is 36.4 Å². The van der Waals surface area contributed by atoms with Gasteiger partial charge in [0, 0.05) is 25.5 Å². The molecule has 0 saturated carbocycles. The van der Waals surface area contributed by atoms with E-state index < -0.39 is 41.4 Å². The molecule has 0 radical (unpaired) electrons. The molecule has 0 fully saturated rings. The van der Waals surface area contributed by atoms with E-state index in [0.29, 0.717) is 11.8 Å². The lowest BCUT2D eigenvalue weighted by molar-refractivity contribution is -0.115. The van der Waals surface area contributed by atoms with Gasteiger partial charge in [-0.15, -0.1) is 0 Å². The Morgan fingerprint density at radius 3 is 2.20 bits per heavy atom. The van der Waals surface area contributed by atoms with Gasteiger partial charge in [-0.2, -0.15) is 0 Å². The van der Waals surface area contributed by atoms with E-state index in [1.165, 1.54) is 0 Å². The van der Waals surface area contributed by atoms with Gasteiger partial charge in [0.15, 0.2) is 17.5 Å². The highest BCUT2D eigenvalue weighted by atomic mass is 19.2. The van der Waals surface area contributed by atoms with Gasteiger partial charge in [0.05, 0.1) is 12.1 Å². The summed E-state index contributed by atoms with van der Waals surface area (Å²) in [6.07, 6.45) is 0. The lowest BCUT2D eigenvalue weighted by Gasteiger charge is -2.13. The van der Waals surface area contributed by atoms with E-state index in [1.807, 2.05) is 19.0 Å². The molecule has 2 amide bonds. The predicted octanol–water partition coefficient (Wildman–Crippen LogP) is 2.54. The second kappa shape index (κ2) is 7.69. The molecule has 0 heterocycles. The van der Waals surface area contributed by atoms with Crippen LogP contribution in [0.4, 0.5) is 24.5 Å². The van der Waals surface area contributed by atoms with E-state index in [0.717, 1.165) is 11.8 Å². The summed E-state index contributed by atoms with van der Waals surface area (Å²) in [7, 11) is 3.75. The van der Waals surface area contributed by atoms with Crippen molar-refractivity contribution in [1.29, 1.82) is 0 Å². The summed E-state index contributed by atoms with van der Waals surface area (Å²) in [5.74, 6) is -6.30. The average Bonchev–Trinajstić information content (AvgIpc) is 2.58. The van der Waals surface area contributed by atoms with Gasteiger partial charge in [-0.25, -0.2) is 13.2 Å². The quantitative estimate of drug-likeness (QED) is 0.814. The monoisotopic (exact) mass is 351 g/mol. The molecule has 2 aromatic rings. The standard InChI is InChI=1S/C17H16F3N3O2/c1-23(2)11-5-3-10(4-6-11)22-14(24)9-21-17(25)12-7-8-13(18)16(20)15(12)19/h3-8H,9H2,1-2H3,(H,21,25)(H,22,24). The van der Waals surface area contributed by atoms with Gasteiger partial charge in [-0.3, -0.25) is 9.59 Å². The van der Waals surface area contributed by atoms with Crippen LogP contribution in [0.5, 0.6) is 0 Å². The number of benzene rings is 2. The first-order chi connectivity index (χ1) is 11.8. The molecule has 0 aliphatic rings. The van der Waals surface area contributed by atoms with Crippen LogP contribution in [0.3, 0.4) is 0 Å². The highest BCUT2D eigenvalue weighted by Crippen LogP contribution is 2.16. The first-order valence-electron chi connectivity index (χ1n) is 7.28. The third-order valence-corrected chi connectivity index (χ3v) is 3.36. The molecule has 0 bridgehead atoms.